The predicted octanol–water partition coefficient (Wildman–Crippen LogP) is 3.73. The maximum Gasteiger partial charge on any atom is 0.315 e. The van der Waals surface area contributed by atoms with Crippen LogP contribution in [0.15, 0.2) is 22.6 Å². The van der Waals surface area contributed by atoms with Crippen molar-refractivity contribution in [2.24, 2.45) is 5.92 Å². The van der Waals surface area contributed by atoms with Crippen molar-refractivity contribution in [3.8, 4) is 5.75 Å². The number of nitrogens with one attached hydrogen (secondary N) is 1. The summed E-state index contributed by atoms with van der Waals surface area (Å²) in [4.78, 5) is 0. The van der Waals surface area contributed by atoms with E-state index in [2.05, 4.69) is 27.6 Å². The van der Waals surface area contributed by atoms with Crippen molar-refractivity contribution in [2.45, 2.75) is 45.6 Å². The summed E-state index contributed by atoms with van der Waals surface area (Å²) in [5.74, 6) is 2.36. The minimum absolute atomic E-state index is 0.493. The van der Waals surface area contributed by atoms with Gasteiger partial charge in [-0.05, 0) is 42.9 Å². The first-order valence-electron chi connectivity index (χ1n) is 7.94. The highest BCUT2D eigenvalue weighted by Crippen LogP contribution is 2.28. The first-order chi connectivity index (χ1) is 10.7. The molecule has 1 aliphatic rings. The highest BCUT2D eigenvalue weighted by Gasteiger charge is 2.18. The third-order valence-corrected chi connectivity index (χ3v) is 4.32. The molecule has 1 heterocycles. The fourth-order valence-corrected chi connectivity index (χ4v) is 3.02. The Hall–Kier alpha value is -2.04. The molecule has 3 rings (SSSR count). The lowest BCUT2D eigenvalue weighted by molar-refractivity contribution is 0.411. The van der Waals surface area contributed by atoms with Gasteiger partial charge in [0.15, 0.2) is 0 Å². The number of hydrogen-bond acceptors (Lipinski definition) is 5. The van der Waals surface area contributed by atoms with Crippen LogP contribution in [-0.4, -0.2) is 17.3 Å². The van der Waals surface area contributed by atoms with Gasteiger partial charge >= 0.3 is 6.01 Å². The number of aromatic nitrogens is 2. The molecule has 0 radical (unpaired) electrons. The largest absolute Gasteiger partial charge is 0.496 e. The summed E-state index contributed by atoms with van der Waals surface area (Å²) in [6.07, 6.45) is 6.15. The van der Waals surface area contributed by atoms with Gasteiger partial charge in [-0.25, -0.2) is 0 Å². The van der Waals surface area contributed by atoms with Crippen LogP contribution in [0.25, 0.3) is 0 Å². The van der Waals surface area contributed by atoms with Gasteiger partial charge in [0.1, 0.15) is 5.75 Å². The number of aryl methyl sites for hydroxylation is 1. The molecule has 22 heavy (non-hydrogen) atoms. The molecule has 5 heteroatoms. The third-order valence-electron chi connectivity index (χ3n) is 4.32. The molecule has 2 aromatic rings. The Morgan fingerprint density at radius 1 is 1.27 bits per heavy atom. The van der Waals surface area contributed by atoms with E-state index in [1.807, 2.05) is 13.0 Å². The number of methoxy groups -OCH3 is 1. The first-order valence-corrected chi connectivity index (χ1v) is 7.94. The maximum atomic E-state index is 5.68. The van der Waals surface area contributed by atoms with E-state index in [0.29, 0.717) is 12.6 Å². The van der Waals surface area contributed by atoms with Crippen molar-refractivity contribution in [1.82, 2.24) is 10.2 Å². The van der Waals surface area contributed by atoms with Crippen LogP contribution < -0.4 is 10.1 Å². The Kier molecular flexibility index (Phi) is 4.61. The molecule has 1 aromatic carbocycles. The Morgan fingerprint density at radius 3 is 2.86 bits per heavy atom. The Bertz CT molecular complexity index is 618. The van der Waals surface area contributed by atoms with Crippen LogP contribution in [0, 0.1) is 12.8 Å². The van der Waals surface area contributed by atoms with E-state index >= 15 is 0 Å². The molecule has 0 spiro atoms. The van der Waals surface area contributed by atoms with Crippen LogP contribution in [0.1, 0.15) is 42.7 Å². The topological polar surface area (TPSA) is 60.2 Å². The van der Waals surface area contributed by atoms with E-state index in [-0.39, 0.29) is 0 Å². The molecule has 1 saturated carbocycles. The van der Waals surface area contributed by atoms with Crippen molar-refractivity contribution in [2.75, 3.05) is 12.4 Å². The zero-order chi connectivity index (χ0) is 15.4. The van der Waals surface area contributed by atoms with E-state index in [1.165, 1.54) is 25.7 Å². The van der Waals surface area contributed by atoms with Gasteiger partial charge < -0.3 is 14.5 Å². The van der Waals surface area contributed by atoms with E-state index in [4.69, 9.17) is 9.15 Å². The smallest absolute Gasteiger partial charge is 0.315 e. The second kappa shape index (κ2) is 6.81. The molecule has 0 bridgehead atoms. The standard InChI is InChI=1S/C17H23N3O2/c1-12-7-8-14(9-15(12)21-2)11-18-17-20-19-16(22-17)10-13-5-3-4-6-13/h7-9,13H,3-6,10-11H2,1-2H3,(H,18,20). The van der Waals surface area contributed by atoms with Gasteiger partial charge in [-0.1, -0.05) is 30.1 Å². The minimum Gasteiger partial charge on any atom is -0.496 e. The van der Waals surface area contributed by atoms with Gasteiger partial charge in [0.05, 0.1) is 7.11 Å². The summed E-state index contributed by atoms with van der Waals surface area (Å²) in [5, 5.41) is 11.4. The maximum absolute atomic E-state index is 5.68. The number of ether oxygens (including phenoxy) is 1. The molecule has 0 unspecified atom stereocenters. The van der Waals surface area contributed by atoms with E-state index < -0.39 is 0 Å². The fourth-order valence-electron chi connectivity index (χ4n) is 3.02. The van der Waals surface area contributed by atoms with Crippen molar-refractivity contribution in [1.29, 1.82) is 0 Å². The van der Waals surface area contributed by atoms with Crippen molar-refractivity contribution < 1.29 is 9.15 Å². The fraction of sp³-hybridized carbons (Fsp3) is 0.529. The lowest BCUT2D eigenvalue weighted by Gasteiger charge is -2.07. The third kappa shape index (κ3) is 3.59. The van der Waals surface area contributed by atoms with E-state index in [1.54, 1.807) is 7.11 Å². The van der Waals surface area contributed by atoms with Gasteiger partial charge in [-0.3, -0.25) is 0 Å². The highest BCUT2D eigenvalue weighted by atomic mass is 16.5. The molecule has 5 nitrogen and oxygen atoms in total. The van der Waals surface area contributed by atoms with Crippen LogP contribution in [0.3, 0.4) is 0 Å². The Labute approximate surface area is 131 Å². The lowest BCUT2D eigenvalue weighted by atomic mass is 10.0. The van der Waals surface area contributed by atoms with Crippen LogP contribution in [0.2, 0.25) is 0 Å². The highest BCUT2D eigenvalue weighted by molar-refractivity contribution is 5.37. The number of anilines is 1. The van der Waals surface area contributed by atoms with Gasteiger partial charge in [0, 0.05) is 13.0 Å². The zero-order valence-electron chi connectivity index (χ0n) is 13.3. The summed E-state index contributed by atoms with van der Waals surface area (Å²) in [7, 11) is 1.69. The molecule has 0 amide bonds. The number of nitrogens with zero attached hydrogens (tertiary/aromatic N) is 2. The van der Waals surface area contributed by atoms with Crippen molar-refractivity contribution >= 4 is 6.01 Å². The molecule has 1 fully saturated rings. The Morgan fingerprint density at radius 2 is 2.09 bits per heavy atom. The van der Waals surface area contributed by atoms with E-state index in [0.717, 1.165) is 35.1 Å². The number of benzene rings is 1. The molecule has 1 N–H and O–H groups in total. The van der Waals surface area contributed by atoms with E-state index in [9.17, 15) is 0 Å². The quantitative estimate of drug-likeness (QED) is 0.881. The number of hydrogen-bond donors (Lipinski definition) is 1. The summed E-state index contributed by atoms with van der Waals surface area (Å²) in [6, 6.07) is 6.64. The SMILES string of the molecule is COc1cc(CNc2nnc(CC3CCCC3)o2)ccc1C. The molecule has 0 saturated heterocycles. The molecule has 1 aliphatic carbocycles. The lowest BCUT2D eigenvalue weighted by Crippen LogP contribution is -2.00. The van der Waals surface area contributed by atoms with Crippen molar-refractivity contribution in [3.05, 3.63) is 35.2 Å². The molecular formula is C17H23N3O2. The first kappa shape index (κ1) is 14.9. The summed E-state index contributed by atoms with van der Waals surface area (Å²) >= 11 is 0. The molecule has 1 aromatic heterocycles. The van der Waals surface area contributed by atoms with Gasteiger partial charge in [-0.15, -0.1) is 5.10 Å². The second-order valence-corrected chi connectivity index (χ2v) is 6.01. The van der Waals surface area contributed by atoms with Crippen LogP contribution in [0.4, 0.5) is 6.01 Å². The van der Waals surface area contributed by atoms with Gasteiger partial charge in [-0.2, -0.15) is 0 Å². The normalized spacial score (nSPS) is 15.2. The van der Waals surface area contributed by atoms with Crippen LogP contribution >= 0.6 is 0 Å². The van der Waals surface area contributed by atoms with Gasteiger partial charge in [0.2, 0.25) is 5.89 Å². The molecular weight excluding hydrogens is 278 g/mol. The average Bonchev–Trinajstić information content (AvgIpc) is 3.19. The molecule has 118 valence electrons. The Balaban J connectivity index is 1.56. The van der Waals surface area contributed by atoms with Crippen LogP contribution in [0.5, 0.6) is 5.75 Å². The minimum atomic E-state index is 0.493. The summed E-state index contributed by atoms with van der Waals surface area (Å²) in [6.45, 7) is 2.67. The zero-order valence-corrected chi connectivity index (χ0v) is 13.3. The summed E-state index contributed by atoms with van der Waals surface area (Å²) in [5.41, 5.74) is 2.25. The molecule has 0 atom stereocenters. The monoisotopic (exact) mass is 301 g/mol. The predicted molar refractivity (Wildman–Crippen MR) is 85.0 cm³/mol. The average molecular weight is 301 g/mol. The van der Waals surface area contributed by atoms with Gasteiger partial charge in [0.25, 0.3) is 0 Å². The van der Waals surface area contributed by atoms with Crippen LogP contribution in [-0.2, 0) is 13.0 Å². The summed E-state index contributed by atoms with van der Waals surface area (Å²) < 4.78 is 11.0. The number of rotatable bonds is 6. The molecule has 0 aliphatic heterocycles. The second-order valence-electron chi connectivity index (χ2n) is 6.01. The van der Waals surface area contributed by atoms with Crippen molar-refractivity contribution in [3.63, 3.8) is 0 Å².